The maximum absolute atomic E-state index is 14.0. The molecular formula is C55H59Cl3N4O14. The van der Waals surface area contributed by atoms with Crippen molar-refractivity contribution in [3.05, 3.63) is 197 Å². The minimum atomic E-state index is -1.99. The van der Waals surface area contributed by atoms with Gasteiger partial charge in [-0.15, -0.1) is 6.58 Å². The Hall–Kier alpha value is -5.96. The lowest BCUT2D eigenvalue weighted by molar-refractivity contribution is -0.337. The van der Waals surface area contributed by atoms with Crippen molar-refractivity contribution in [3.63, 3.8) is 0 Å². The van der Waals surface area contributed by atoms with Gasteiger partial charge in [0.15, 0.2) is 18.7 Å². The third kappa shape index (κ3) is 18.1. The predicted octanol–water partition coefficient (Wildman–Crippen LogP) is 10.5. The molecule has 1 N–H and O–H groups in total. The van der Waals surface area contributed by atoms with E-state index in [1.54, 1.807) is 31.4 Å². The number of nitrogens with one attached hydrogen (secondary N) is 1. The Labute approximate surface area is 455 Å². The fourth-order valence-electron chi connectivity index (χ4n) is 8.27. The topological polar surface area (TPSA) is 206 Å². The number of amides is 1. The Balaban J connectivity index is 1.29. The molecule has 0 radical (unpaired) electrons. The molecule has 0 saturated carbocycles. The number of ether oxygens (including phenoxy) is 12. The average Bonchev–Trinajstić information content (AvgIpc) is 3.45. The van der Waals surface area contributed by atoms with E-state index in [4.69, 9.17) is 91.6 Å². The Morgan fingerprint density at radius 2 is 1.14 bits per heavy atom. The number of hydrogen-bond donors (Lipinski definition) is 1. The average molecular weight is 1110 g/mol. The summed E-state index contributed by atoms with van der Waals surface area (Å²) in [6, 6.07) is 41.8. The Morgan fingerprint density at radius 1 is 0.645 bits per heavy atom. The molecule has 5 aromatic carbocycles. The summed E-state index contributed by atoms with van der Waals surface area (Å²) in [5, 5.41) is 6.92. The molecule has 0 bridgehead atoms. The molecule has 0 aromatic heterocycles. The standard InChI is InChI=1S/C55H59Cl3N4O14/c1-3-28-68-51-45(60-53(63)72-36-55(56,57)58)50(76-54(64)71-33-40-22-14-7-15-23-40)48(44(73-51)35-67-30-38-18-10-5-11-19-38)75-52-46(61-62-59)49(70-31-39-20-12-6-13-21-39)47(69-32-41-24-26-42(65-2)27-25-41)43(74-52)34-66-29-37-16-8-4-9-17-37/h3-27,43-52H,1,28-36H2,2H3,(H,60,63)/t43-,44-,45-,46-,47-,48-,49-,50-,51+,52+/m1/s1. The highest BCUT2D eigenvalue weighted by molar-refractivity contribution is 6.67. The van der Waals surface area contributed by atoms with E-state index >= 15 is 0 Å². The van der Waals surface area contributed by atoms with Crippen LogP contribution in [-0.2, 0) is 85.1 Å². The first-order chi connectivity index (χ1) is 37.0. The highest BCUT2D eigenvalue weighted by Crippen LogP contribution is 2.36. The van der Waals surface area contributed by atoms with Gasteiger partial charge in [-0.1, -0.05) is 179 Å². The van der Waals surface area contributed by atoms with Crippen LogP contribution in [0, 0.1) is 0 Å². The maximum atomic E-state index is 14.0. The van der Waals surface area contributed by atoms with E-state index in [1.165, 1.54) is 6.08 Å². The van der Waals surface area contributed by atoms with Crippen molar-refractivity contribution in [3.8, 4) is 5.75 Å². The van der Waals surface area contributed by atoms with E-state index in [0.29, 0.717) is 11.3 Å². The van der Waals surface area contributed by atoms with Gasteiger partial charge in [-0.3, -0.25) is 0 Å². The molecule has 404 valence electrons. The van der Waals surface area contributed by atoms with Crippen LogP contribution in [0.5, 0.6) is 5.75 Å². The summed E-state index contributed by atoms with van der Waals surface area (Å²) >= 11 is 17.9. The second-order valence-electron chi connectivity index (χ2n) is 17.4. The molecule has 5 aromatic rings. The summed E-state index contributed by atoms with van der Waals surface area (Å²) in [6.45, 7) is 2.94. The van der Waals surface area contributed by atoms with Gasteiger partial charge in [0.2, 0.25) is 3.79 Å². The van der Waals surface area contributed by atoms with Crippen molar-refractivity contribution in [2.75, 3.05) is 33.5 Å². The first-order valence-electron chi connectivity index (χ1n) is 24.2. The van der Waals surface area contributed by atoms with Gasteiger partial charge >= 0.3 is 12.2 Å². The fourth-order valence-corrected chi connectivity index (χ4v) is 8.43. The molecule has 0 spiro atoms. The molecule has 2 aliphatic heterocycles. The highest BCUT2D eigenvalue weighted by Gasteiger charge is 2.55. The van der Waals surface area contributed by atoms with Gasteiger partial charge in [-0.2, -0.15) is 0 Å². The molecule has 10 atom stereocenters. The van der Waals surface area contributed by atoms with Crippen LogP contribution in [0.4, 0.5) is 9.59 Å². The van der Waals surface area contributed by atoms with Gasteiger partial charge in [-0.25, -0.2) is 9.59 Å². The molecule has 1 amide bonds. The molecule has 2 aliphatic rings. The lowest BCUT2D eigenvalue weighted by Gasteiger charge is -2.49. The van der Waals surface area contributed by atoms with E-state index in [1.807, 2.05) is 121 Å². The van der Waals surface area contributed by atoms with E-state index in [2.05, 4.69) is 21.9 Å². The van der Waals surface area contributed by atoms with Gasteiger partial charge in [0.05, 0.1) is 53.4 Å². The fraction of sp³-hybridized carbons (Fsp3) is 0.382. The second kappa shape index (κ2) is 30.1. The normalized spacial score (nSPS) is 23.3. The third-order valence-electron chi connectivity index (χ3n) is 11.9. The summed E-state index contributed by atoms with van der Waals surface area (Å²) in [5.41, 5.74) is 14.3. The van der Waals surface area contributed by atoms with Crippen molar-refractivity contribution in [1.82, 2.24) is 5.32 Å². The zero-order chi connectivity index (χ0) is 53.5. The summed E-state index contributed by atoms with van der Waals surface area (Å²) in [5.74, 6) is 0.655. The number of hydrogen-bond acceptors (Lipinski definition) is 15. The van der Waals surface area contributed by atoms with Crippen molar-refractivity contribution in [2.24, 2.45) is 5.11 Å². The molecule has 21 heteroatoms. The van der Waals surface area contributed by atoms with Crippen LogP contribution in [0.2, 0.25) is 0 Å². The van der Waals surface area contributed by atoms with Gasteiger partial charge in [0.1, 0.15) is 61.6 Å². The number of methoxy groups -OCH3 is 1. The van der Waals surface area contributed by atoms with Crippen LogP contribution < -0.4 is 10.1 Å². The minimum Gasteiger partial charge on any atom is -0.497 e. The first-order valence-corrected chi connectivity index (χ1v) is 25.4. The lowest BCUT2D eigenvalue weighted by Crippen LogP contribution is -2.68. The maximum Gasteiger partial charge on any atom is 0.509 e. The van der Waals surface area contributed by atoms with Crippen LogP contribution in [-0.4, -0.2) is 111 Å². The molecule has 76 heavy (non-hydrogen) atoms. The van der Waals surface area contributed by atoms with Crippen molar-refractivity contribution in [1.29, 1.82) is 0 Å². The quantitative estimate of drug-likeness (QED) is 0.0137. The number of alkyl halides is 3. The summed E-state index contributed by atoms with van der Waals surface area (Å²) in [6.07, 6.45) is -11.1. The molecule has 18 nitrogen and oxygen atoms in total. The van der Waals surface area contributed by atoms with Gasteiger partial charge in [-0.05, 0) is 45.5 Å². The number of benzene rings is 5. The second-order valence-corrected chi connectivity index (χ2v) is 19.9. The Kier molecular flexibility index (Phi) is 22.9. The van der Waals surface area contributed by atoms with E-state index in [-0.39, 0.29) is 52.9 Å². The zero-order valence-electron chi connectivity index (χ0n) is 41.5. The largest absolute Gasteiger partial charge is 0.509 e. The summed E-state index contributed by atoms with van der Waals surface area (Å²) in [7, 11) is 1.58. The summed E-state index contributed by atoms with van der Waals surface area (Å²) < 4.78 is 73.3. The number of azide groups is 1. The molecule has 0 aliphatic carbocycles. The lowest BCUT2D eigenvalue weighted by atomic mass is 9.94. The monoisotopic (exact) mass is 1100 g/mol. The molecular weight excluding hydrogens is 1050 g/mol. The number of nitrogens with zero attached hydrogens (tertiary/aromatic N) is 3. The molecule has 2 fully saturated rings. The SMILES string of the molecule is C=CCO[C@H]1O[C@H](COCc2ccccc2)[C@@H](O[C@@H]2O[C@H](COCc3ccccc3)[C@@H](OCc3ccc(OC)cc3)[C@H](OCc3ccccc3)[C@H]2N=[N+]=[N-])[C@H](OC(=O)OCc2ccccc2)[C@H]1NC(=O)OCC(Cl)(Cl)Cl. The molecule has 2 saturated heterocycles. The van der Waals surface area contributed by atoms with Gasteiger partial charge in [0.25, 0.3) is 0 Å². The van der Waals surface area contributed by atoms with Crippen LogP contribution in [0.1, 0.15) is 27.8 Å². The number of carbonyl (C=O) groups excluding carboxylic acids is 2. The van der Waals surface area contributed by atoms with Gasteiger partial charge in [0, 0.05) is 4.91 Å². The van der Waals surface area contributed by atoms with Gasteiger partial charge < -0.3 is 62.2 Å². The minimum absolute atomic E-state index is 0.0434. The van der Waals surface area contributed by atoms with Crippen LogP contribution in [0.25, 0.3) is 10.4 Å². The van der Waals surface area contributed by atoms with Crippen LogP contribution >= 0.6 is 34.8 Å². The number of halogens is 3. The molecule has 2 heterocycles. The molecule has 0 unspecified atom stereocenters. The Morgan fingerprint density at radius 3 is 1.67 bits per heavy atom. The van der Waals surface area contributed by atoms with Crippen LogP contribution in [0.15, 0.2) is 163 Å². The summed E-state index contributed by atoms with van der Waals surface area (Å²) in [4.78, 5) is 31.0. The van der Waals surface area contributed by atoms with Crippen molar-refractivity contribution < 1.29 is 66.4 Å². The first kappa shape index (κ1) is 57.7. The smallest absolute Gasteiger partial charge is 0.497 e. The van der Waals surface area contributed by atoms with E-state index in [9.17, 15) is 15.1 Å². The third-order valence-corrected chi connectivity index (χ3v) is 12.2. The van der Waals surface area contributed by atoms with Crippen molar-refractivity contribution >= 4 is 47.1 Å². The predicted molar refractivity (Wildman–Crippen MR) is 280 cm³/mol. The number of alkyl carbamates (subject to hydrolysis) is 1. The zero-order valence-corrected chi connectivity index (χ0v) is 43.7. The number of rotatable bonds is 26. The van der Waals surface area contributed by atoms with Crippen molar-refractivity contribution in [2.45, 2.75) is 98.1 Å². The Bertz CT molecular complexity index is 2570. The van der Waals surface area contributed by atoms with E-state index < -0.39 is 83.9 Å². The highest BCUT2D eigenvalue weighted by atomic mass is 35.6. The van der Waals surface area contributed by atoms with Crippen LogP contribution in [0.3, 0.4) is 0 Å². The number of carbonyl (C=O) groups is 2. The van der Waals surface area contributed by atoms with E-state index in [0.717, 1.165) is 22.3 Å². The molecule has 7 rings (SSSR count).